The van der Waals surface area contributed by atoms with Crippen molar-refractivity contribution >= 4 is 6.21 Å². The van der Waals surface area contributed by atoms with Crippen molar-refractivity contribution in [2.24, 2.45) is 10.6 Å². The van der Waals surface area contributed by atoms with Crippen LogP contribution in [0.4, 0.5) is 0 Å². The van der Waals surface area contributed by atoms with Crippen LogP contribution in [-0.4, -0.2) is 12.8 Å². The van der Waals surface area contributed by atoms with Gasteiger partial charge >= 0.3 is 0 Å². The maximum atomic E-state index is 5.01. The molecule has 0 aliphatic carbocycles. The molecule has 2 nitrogen and oxygen atoms in total. The van der Waals surface area contributed by atoms with Crippen LogP contribution < -0.4 is 0 Å². The van der Waals surface area contributed by atoms with Crippen LogP contribution in [0.1, 0.15) is 34.1 Å². The fraction of sp³-hybridized carbons (Fsp3) is 0.875. The molecule has 2 heteroatoms. The predicted octanol–water partition coefficient (Wildman–Crippen LogP) is 2.44. The molecular weight excluding hydrogens is 126 g/mol. The second kappa shape index (κ2) is 4.31. The van der Waals surface area contributed by atoms with Gasteiger partial charge in [0.05, 0.1) is 0 Å². The van der Waals surface area contributed by atoms with Crippen LogP contribution in [-0.2, 0) is 4.84 Å². The molecule has 0 aliphatic heterocycles. The number of hydrogen-bond donors (Lipinski definition) is 0. The highest BCUT2D eigenvalue weighted by Gasteiger charge is 2.15. The SMILES string of the molecule is CC=NOCC(C)(C)CC. The molecule has 0 radical (unpaired) electrons. The molecule has 0 spiro atoms. The van der Waals surface area contributed by atoms with Crippen molar-refractivity contribution < 1.29 is 4.84 Å². The van der Waals surface area contributed by atoms with Gasteiger partial charge in [0.1, 0.15) is 6.61 Å². The van der Waals surface area contributed by atoms with Gasteiger partial charge < -0.3 is 4.84 Å². The molecule has 60 valence electrons. The predicted molar refractivity (Wildman–Crippen MR) is 44.2 cm³/mol. The lowest BCUT2D eigenvalue weighted by atomic mass is 9.92. The molecule has 0 aromatic heterocycles. The minimum Gasteiger partial charge on any atom is -0.396 e. The zero-order valence-corrected chi connectivity index (χ0v) is 7.35. The first-order chi connectivity index (χ1) is 4.62. The second-order valence-electron chi connectivity index (χ2n) is 3.15. The molecule has 0 bridgehead atoms. The highest BCUT2D eigenvalue weighted by Crippen LogP contribution is 2.19. The van der Waals surface area contributed by atoms with Crippen LogP contribution in [0.2, 0.25) is 0 Å². The lowest BCUT2D eigenvalue weighted by Crippen LogP contribution is -2.16. The van der Waals surface area contributed by atoms with Crippen molar-refractivity contribution in [1.29, 1.82) is 0 Å². The van der Waals surface area contributed by atoms with E-state index in [-0.39, 0.29) is 5.41 Å². The Morgan fingerprint density at radius 2 is 2.10 bits per heavy atom. The van der Waals surface area contributed by atoms with E-state index >= 15 is 0 Å². The third-order valence-corrected chi connectivity index (χ3v) is 1.59. The third-order valence-electron chi connectivity index (χ3n) is 1.59. The molecule has 0 atom stereocenters. The third kappa shape index (κ3) is 4.36. The van der Waals surface area contributed by atoms with Gasteiger partial charge in [-0.3, -0.25) is 0 Å². The van der Waals surface area contributed by atoms with Crippen LogP contribution in [0.15, 0.2) is 5.16 Å². The van der Waals surface area contributed by atoms with Crippen LogP contribution in [0.5, 0.6) is 0 Å². The summed E-state index contributed by atoms with van der Waals surface area (Å²) in [4.78, 5) is 5.01. The first-order valence-corrected chi connectivity index (χ1v) is 3.72. The van der Waals surface area contributed by atoms with E-state index in [1.54, 1.807) is 6.21 Å². The standard InChI is InChI=1S/C8H17NO/c1-5-8(3,4)7-10-9-6-2/h6H,5,7H2,1-4H3. The largest absolute Gasteiger partial charge is 0.396 e. The van der Waals surface area contributed by atoms with Crippen molar-refractivity contribution in [2.75, 3.05) is 6.61 Å². The maximum Gasteiger partial charge on any atom is 0.122 e. The Morgan fingerprint density at radius 3 is 2.50 bits per heavy atom. The Labute approximate surface area is 63.3 Å². The summed E-state index contributed by atoms with van der Waals surface area (Å²) >= 11 is 0. The van der Waals surface area contributed by atoms with Crippen LogP contribution in [0.3, 0.4) is 0 Å². The zero-order valence-electron chi connectivity index (χ0n) is 7.35. The summed E-state index contributed by atoms with van der Waals surface area (Å²) in [5.41, 5.74) is 0.256. The highest BCUT2D eigenvalue weighted by atomic mass is 16.6. The van der Waals surface area contributed by atoms with Gasteiger partial charge in [0.2, 0.25) is 0 Å². The van der Waals surface area contributed by atoms with Crippen LogP contribution >= 0.6 is 0 Å². The van der Waals surface area contributed by atoms with Gasteiger partial charge in [-0.25, -0.2) is 0 Å². The molecule has 0 aliphatic rings. The summed E-state index contributed by atoms with van der Waals surface area (Å²) in [6.07, 6.45) is 2.78. The number of oxime groups is 1. The average Bonchev–Trinajstić information content (AvgIpc) is 1.89. The molecule has 0 fully saturated rings. The van der Waals surface area contributed by atoms with Crippen molar-refractivity contribution in [3.63, 3.8) is 0 Å². The van der Waals surface area contributed by atoms with Crippen molar-refractivity contribution in [3.8, 4) is 0 Å². The maximum absolute atomic E-state index is 5.01. The van der Waals surface area contributed by atoms with Gasteiger partial charge in [0, 0.05) is 11.6 Å². The monoisotopic (exact) mass is 143 g/mol. The molecule has 0 saturated heterocycles. The van der Waals surface area contributed by atoms with E-state index in [9.17, 15) is 0 Å². The van der Waals surface area contributed by atoms with E-state index in [1.165, 1.54) is 0 Å². The Bertz CT molecular complexity index is 108. The van der Waals surface area contributed by atoms with E-state index in [4.69, 9.17) is 4.84 Å². The number of rotatable bonds is 4. The summed E-state index contributed by atoms with van der Waals surface area (Å²) in [6.45, 7) is 9.03. The van der Waals surface area contributed by atoms with Gasteiger partial charge in [-0.2, -0.15) is 0 Å². The lowest BCUT2D eigenvalue weighted by molar-refractivity contribution is 0.0664. The zero-order chi connectivity index (χ0) is 8.04. The van der Waals surface area contributed by atoms with Crippen LogP contribution in [0.25, 0.3) is 0 Å². The smallest absolute Gasteiger partial charge is 0.122 e. The Balaban J connectivity index is 3.46. The normalized spacial score (nSPS) is 12.4. The minimum atomic E-state index is 0.256. The van der Waals surface area contributed by atoms with Gasteiger partial charge in [0.15, 0.2) is 0 Å². The summed E-state index contributed by atoms with van der Waals surface area (Å²) in [7, 11) is 0. The Morgan fingerprint density at radius 1 is 1.50 bits per heavy atom. The quantitative estimate of drug-likeness (QED) is 0.437. The molecule has 0 aromatic rings. The summed E-state index contributed by atoms with van der Waals surface area (Å²) in [6, 6.07) is 0. The van der Waals surface area contributed by atoms with Crippen molar-refractivity contribution in [1.82, 2.24) is 0 Å². The van der Waals surface area contributed by atoms with Crippen molar-refractivity contribution in [3.05, 3.63) is 0 Å². The van der Waals surface area contributed by atoms with E-state index < -0.39 is 0 Å². The fourth-order valence-corrected chi connectivity index (χ4v) is 0.389. The molecule has 0 N–H and O–H groups in total. The molecular formula is C8H17NO. The summed E-state index contributed by atoms with van der Waals surface area (Å²) in [5.74, 6) is 0. The van der Waals surface area contributed by atoms with Gasteiger partial charge in [-0.05, 0) is 13.3 Å². The summed E-state index contributed by atoms with van der Waals surface area (Å²) in [5, 5.41) is 3.68. The number of nitrogens with zero attached hydrogens (tertiary/aromatic N) is 1. The molecule has 10 heavy (non-hydrogen) atoms. The molecule has 0 heterocycles. The van der Waals surface area contributed by atoms with E-state index in [1.807, 2.05) is 6.92 Å². The second-order valence-corrected chi connectivity index (χ2v) is 3.15. The molecule has 0 unspecified atom stereocenters. The lowest BCUT2D eigenvalue weighted by Gasteiger charge is -2.19. The molecule has 0 rings (SSSR count). The van der Waals surface area contributed by atoms with Crippen molar-refractivity contribution in [2.45, 2.75) is 34.1 Å². The number of hydrogen-bond acceptors (Lipinski definition) is 2. The molecule has 0 aromatic carbocycles. The van der Waals surface area contributed by atoms with Gasteiger partial charge in [-0.15, -0.1) is 0 Å². The van der Waals surface area contributed by atoms with E-state index in [0.717, 1.165) is 6.42 Å². The summed E-state index contributed by atoms with van der Waals surface area (Å²) < 4.78 is 0. The highest BCUT2D eigenvalue weighted by molar-refractivity contribution is 5.52. The fourth-order valence-electron chi connectivity index (χ4n) is 0.389. The minimum absolute atomic E-state index is 0.256. The Kier molecular flexibility index (Phi) is 4.08. The van der Waals surface area contributed by atoms with Gasteiger partial charge in [-0.1, -0.05) is 25.9 Å². The van der Waals surface area contributed by atoms with Gasteiger partial charge in [0.25, 0.3) is 0 Å². The first-order valence-electron chi connectivity index (χ1n) is 3.72. The van der Waals surface area contributed by atoms with Crippen LogP contribution in [0, 0.1) is 5.41 Å². The topological polar surface area (TPSA) is 21.6 Å². The average molecular weight is 143 g/mol. The first kappa shape index (κ1) is 9.47. The Hall–Kier alpha value is -0.530. The molecule has 0 amide bonds. The van der Waals surface area contributed by atoms with E-state index in [0.29, 0.717) is 6.61 Å². The molecule has 0 saturated carbocycles. The van der Waals surface area contributed by atoms with E-state index in [2.05, 4.69) is 25.9 Å².